The molecule has 0 fully saturated rings. The molecule has 0 spiro atoms. The van der Waals surface area contributed by atoms with Crippen LogP contribution in [0.1, 0.15) is 27.7 Å². The summed E-state index contributed by atoms with van der Waals surface area (Å²) in [6.45, 7) is 6.94. The monoisotopic (exact) mass is 668 g/mol. The first kappa shape index (κ1) is 36.9. The van der Waals surface area contributed by atoms with Crippen molar-refractivity contribution < 1.29 is 131 Å². The SMILES string of the molecule is C[C-]=Nc1[c-]c[c-]c(N=[C-]C)c1.C[C-]=Nc1[c-]cc(N=[C-]C)[c-]c1.[Y].[Y].[Y].[Y]. The molecule has 2 rings (SSSR count). The molecule has 0 aliphatic rings. The molecule has 0 heterocycles. The Bertz CT molecular complexity index is 669. The maximum absolute atomic E-state index is 3.94. The standard InChI is InChI=1S/2C10H8N2.4Y/c1-3-11-9-5-7-10(8-6-9)12-4-2;1-3-11-9-6-5-7-10(8-9)12-4-2;;;;/h2*5,8H,1-2H3;;;;/q2*-4;;;;. The third kappa shape index (κ3) is 17.2. The van der Waals surface area contributed by atoms with Crippen LogP contribution in [0.3, 0.4) is 0 Å². The minimum absolute atomic E-state index is 0. The van der Waals surface area contributed by atoms with Gasteiger partial charge in [0.25, 0.3) is 0 Å². The van der Waals surface area contributed by atoms with E-state index in [1.165, 1.54) is 0 Å². The maximum atomic E-state index is 3.94. The molecule has 0 aliphatic carbocycles. The Morgan fingerprint density at radius 1 is 0.536 bits per heavy atom. The Kier molecular flexibility index (Phi) is 32.7. The summed E-state index contributed by atoms with van der Waals surface area (Å²) in [7, 11) is 0. The fourth-order valence-electron chi connectivity index (χ4n) is 1.50. The molecule has 4 radical (unpaired) electrons. The second kappa shape index (κ2) is 24.8. The maximum Gasteiger partial charge on any atom is 0 e. The van der Waals surface area contributed by atoms with Crippen molar-refractivity contribution in [1.29, 1.82) is 0 Å². The molecule has 0 saturated carbocycles. The van der Waals surface area contributed by atoms with Gasteiger partial charge in [-0.3, -0.25) is 18.2 Å². The van der Waals surface area contributed by atoms with Gasteiger partial charge in [-0.2, -0.15) is 30.5 Å². The average Bonchev–Trinajstić information content (AvgIpc) is 2.59. The van der Waals surface area contributed by atoms with Gasteiger partial charge in [-0.05, 0) is 0 Å². The third-order valence-electron chi connectivity index (χ3n) is 2.36. The van der Waals surface area contributed by atoms with E-state index in [0.29, 0.717) is 22.7 Å². The van der Waals surface area contributed by atoms with E-state index >= 15 is 0 Å². The third-order valence-corrected chi connectivity index (χ3v) is 2.36. The van der Waals surface area contributed by atoms with E-state index in [-0.39, 0.29) is 131 Å². The largest absolute Gasteiger partial charge is 0.506 e. The topological polar surface area (TPSA) is 49.4 Å². The van der Waals surface area contributed by atoms with Crippen molar-refractivity contribution >= 4 is 47.6 Å². The molecule has 28 heavy (non-hydrogen) atoms. The molecule has 4 nitrogen and oxygen atoms in total. The van der Waals surface area contributed by atoms with Crippen molar-refractivity contribution in [3.8, 4) is 0 Å². The minimum Gasteiger partial charge on any atom is -0.506 e. The molecule has 136 valence electrons. The van der Waals surface area contributed by atoms with E-state index in [1.54, 1.807) is 52.0 Å². The van der Waals surface area contributed by atoms with Crippen molar-refractivity contribution in [1.82, 2.24) is 0 Å². The molecule has 0 saturated heterocycles. The summed E-state index contributed by atoms with van der Waals surface area (Å²) in [5.74, 6) is 0. The number of aliphatic imine (C=N–C) groups is 4. The fourth-order valence-corrected chi connectivity index (χ4v) is 1.50. The van der Waals surface area contributed by atoms with Crippen molar-refractivity contribution in [3.63, 3.8) is 0 Å². The Balaban J connectivity index is -0.000000180. The van der Waals surface area contributed by atoms with Gasteiger partial charge in [0.15, 0.2) is 0 Å². The average molecular weight is 668 g/mol. The Labute approximate surface area is 270 Å². The van der Waals surface area contributed by atoms with Crippen LogP contribution in [0, 0.1) is 24.3 Å². The van der Waals surface area contributed by atoms with Gasteiger partial charge in [-0.1, -0.05) is 0 Å². The zero-order valence-corrected chi connectivity index (χ0v) is 27.8. The van der Waals surface area contributed by atoms with Crippen LogP contribution in [0.2, 0.25) is 0 Å². The quantitative estimate of drug-likeness (QED) is 0.327. The number of hydrogen-bond donors (Lipinski definition) is 0. The molecule has 2 aromatic carbocycles. The van der Waals surface area contributed by atoms with Gasteiger partial charge in [0.05, 0.1) is 0 Å². The van der Waals surface area contributed by atoms with Crippen LogP contribution < -0.4 is 0 Å². The van der Waals surface area contributed by atoms with Crippen molar-refractivity contribution in [2.45, 2.75) is 27.7 Å². The zero-order valence-electron chi connectivity index (χ0n) is 16.4. The molecule has 0 aromatic heterocycles. The van der Waals surface area contributed by atoms with Crippen LogP contribution >= 0.6 is 0 Å². The van der Waals surface area contributed by atoms with E-state index in [0.717, 1.165) is 0 Å². The predicted octanol–water partition coefficient (Wildman–Crippen LogP) is 4.96. The van der Waals surface area contributed by atoms with E-state index in [2.05, 4.69) is 69.1 Å². The second-order valence-corrected chi connectivity index (χ2v) is 4.04. The van der Waals surface area contributed by atoms with Gasteiger partial charge in [0, 0.05) is 131 Å². The van der Waals surface area contributed by atoms with Crippen molar-refractivity contribution in [2.75, 3.05) is 0 Å². The Morgan fingerprint density at radius 3 is 1.14 bits per heavy atom. The van der Waals surface area contributed by atoms with Gasteiger partial charge >= 0.3 is 0 Å². The minimum atomic E-state index is 0. The summed E-state index contributed by atoms with van der Waals surface area (Å²) >= 11 is 0. The molecule has 0 unspecified atom stereocenters. The summed E-state index contributed by atoms with van der Waals surface area (Å²) in [5.41, 5.74) is 2.86. The fraction of sp³-hybridized carbons (Fsp3) is 0.200. The number of benzene rings is 2. The molecular formula is C20H16N4Y4-8. The van der Waals surface area contributed by atoms with E-state index in [4.69, 9.17) is 0 Å². The second-order valence-electron chi connectivity index (χ2n) is 4.04. The van der Waals surface area contributed by atoms with Crippen LogP contribution in [0.25, 0.3) is 0 Å². The van der Waals surface area contributed by atoms with Gasteiger partial charge in [-0.25, -0.2) is 5.69 Å². The van der Waals surface area contributed by atoms with Gasteiger partial charge in [0.1, 0.15) is 0 Å². The summed E-state index contributed by atoms with van der Waals surface area (Å²) < 4.78 is 0. The summed E-state index contributed by atoms with van der Waals surface area (Å²) in [5, 5.41) is 0. The first-order chi connectivity index (χ1) is 11.7. The number of hydrogen-bond acceptors (Lipinski definition) is 4. The first-order valence-electron chi connectivity index (χ1n) is 7.10. The van der Waals surface area contributed by atoms with Crippen molar-refractivity contribution in [3.05, 3.63) is 48.5 Å². The van der Waals surface area contributed by atoms with Gasteiger partial charge in [0.2, 0.25) is 0 Å². The van der Waals surface area contributed by atoms with Crippen LogP contribution in [0.15, 0.2) is 44.2 Å². The molecular weight excluding hydrogens is 652 g/mol. The number of rotatable bonds is 4. The molecule has 0 amide bonds. The predicted molar refractivity (Wildman–Crippen MR) is 99.3 cm³/mol. The molecule has 0 aliphatic heterocycles. The number of nitrogens with zero attached hydrogens (tertiary/aromatic N) is 4. The Hall–Kier alpha value is 1.54. The van der Waals surface area contributed by atoms with Crippen LogP contribution in [0.5, 0.6) is 0 Å². The zero-order chi connectivity index (χ0) is 17.6. The molecule has 0 N–H and O–H groups in total. The first-order valence-corrected chi connectivity index (χ1v) is 7.10. The van der Waals surface area contributed by atoms with Crippen LogP contribution in [0.4, 0.5) is 22.7 Å². The van der Waals surface area contributed by atoms with Gasteiger partial charge in [-0.15, -0.1) is 27.7 Å². The Morgan fingerprint density at radius 2 is 0.857 bits per heavy atom. The normalized spacial score (nSPS) is 9.86. The van der Waals surface area contributed by atoms with Crippen molar-refractivity contribution in [2.24, 2.45) is 20.0 Å². The molecule has 8 heteroatoms. The van der Waals surface area contributed by atoms with E-state index < -0.39 is 0 Å². The van der Waals surface area contributed by atoms with Gasteiger partial charge < -0.3 is 61.7 Å². The van der Waals surface area contributed by atoms with E-state index in [9.17, 15) is 0 Å². The summed E-state index contributed by atoms with van der Waals surface area (Å²) in [4.78, 5) is 15.7. The summed E-state index contributed by atoms with van der Waals surface area (Å²) in [6, 6.07) is 18.5. The smallest absolute Gasteiger partial charge is 0 e. The molecule has 2 aromatic rings. The van der Waals surface area contributed by atoms with Crippen LogP contribution in [-0.4, -0.2) is 24.9 Å². The van der Waals surface area contributed by atoms with E-state index in [1.807, 2.05) is 0 Å². The van der Waals surface area contributed by atoms with Crippen LogP contribution in [-0.2, 0) is 131 Å². The molecule has 0 atom stereocenters. The summed E-state index contributed by atoms with van der Waals surface area (Å²) in [6.07, 6.45) is 10.7. The molecule has 0 bridgehead atoms.